The number of carbonyl (C=O) groups is 2. The van der Waals surface area contributed by atoms with Gasteiger partial charge in [0.2, 0.25) is 5.91 Å². The van der Waals surface area contributed by atoms with Gasteiger partial charge in [0.15, 0.2) is 5.76 Å². The summed E-state index contributed by atoms with van der Waals surface area (Å²) >= 11 is 0. The van der Waals surface area contributed by atoms with E-state index in [9.17, 15) is 14.0 Å². The molecule has 3 rings (SSSR count). The maximum Gasteiger partial charge on any atom is 0.289 e. The summed E-state index contributed by atoms with van der Waals surface area (Å²) in [7, 11) is 0. The van der Waals surface area contributed by atoms with Gasteiger partial charge in [0, 0.05) is 26.2 Å². The van der Waals surface area contributed by atoms with Crippen molar-refractivity contribution in [3.63, 3.8) is 0 Å². The molecule has 1 aromatic carbocycles. The van der Waals surface area contributed by atoms with Crippen LogP contribution < -0.4 is 5.32 Å². The predicted octanol–water partition coefficient (Wildman–Crippen LogP) is 1.54. The summed E-state index contributed by atoms with van der Waals surface area (Å²) in [6.45, 7) is 2.71. The van der Waals surface area contributed by atoms with Crippen molar-refractivity contribution in [3.05, 3.63) is 59.8 Å². The first-order chi connectivity index (χ1) is 12.6. The second-order valence-electron chi connectivity index (χ2n) is 6.17. The average molecular weight is 359 g/mol. The number of nitrogens with zero attached hydrogens (tertiary/aromatic N) is 2. The summed E-state index contributed by atoms with van der Waals surface area (Å²) in [6.07, 6.45) is 2.01. The molecule has 26 heavy (non-hydrogen) atoms. The molecular formula is C19H22FN3O3. The topological polar surface area (TPSA) is 65.8 Å². The maximum atomic E-state index is 13.5. The first-order valence-corrected chi connectivity index (χ1v) is 8.70. The Hall–Kier alpha value is -2.67. The van der Waals surface area contributed by atoms with Crippen molar-refractivity contribution in [2.45, 2.75) is 6.42 Å². The van der Waals surface area contributed by atoms with Crippen LogP contribution in [0, 0.1) is 5.82 Å². The first-order valence-electron chi connectivity index (χ1n) is 8.70. The number of furan rings is 1. The normalized spacial score (nSPS) is 14.5. The highest BCUT2D eigenvalue weighted by atomic mass is 19.1. The molecule has 0 saturated carbocycles. The van der Waals surface area contributed by atoms with Crippen LogP contribution in [-0.4, -0.2) is 60.9 Å². The third kappa shape index (κ3) is 4.49. The van der Waals surface area contributed by atoms with E-state index in [-0.39, 0.29) is 24.2 Å². The van der Waals surface area contributed by atoms with E-state index in [0.29, 0.717) is 50.5 Å². The van der Waals surface area contributed by atoms with Gasteiger partial charge in [-0.05, 0) is 36.7 Å². The highest BCUT2D eigenvalue weighted by Crippen LogP contribution is 2.09. The van der Waals surface area contributed by atoms with Crippen LogP contribution in [0.25, 0.3) is 0 Å². The Kier molecular flexibility index (Phi) is 6.01. The van der Waals surface area contributed by atoms with Crippen LogP contribution in [0.1, 0.15) is 16.1 Å². The Morgan fingerprint density at radius 3 is 2.46 bits per heavy atom. The highest BCUT2D eigenvalue weighted by Gasteiger charge is 2.25. The molecular weight excluding hydrogens is 337 g/mol. The van der Waals surface area contributed by atoms with Gasteiger partial charge in [-0.2, -0.15) is 0 Å². The van der Waals surface area contributed by atoms with E-state index in [0.717, 1.165) is 0 Å². The molecule has 2 amide bonds. The average Bonchev–Trinajstić information content (AvgIpc) is 3.20. The molecule has 1 fully saturated rings. The second kappa shape index (κ2) is 8.62. The molecule has 1 N–H and O–H groups in total. The minimum Gasteiger partial charge on any atom is -0.459 e. The van der Waals surface area contributed by atoms with Gasteiger partial charge in [-0.25, -0.2) is 4.39 Å². The van der Waals surface area contributed by atoms with E-state index in [4.69, 9.17) is 4.42 Å². The van der Waals surface area contributed by atoms with Gasteiger partial charge in [-0.1, -0.05) is 18.2 Å². The molecule has 0 aliphatic carbocycles. The van der Waals surface area contributed by atoms with E-state index in [1.54, 1.807) is 40.1 Å². The lowest BCUT2D eigenvalue weighted by molar-refractivity contribution is -0.131. The second-order valence-corrected chi connectivity index (χ2v) is 6.17. The number of rotatable bonds is 6. The van der Waals surface area contributed by atoms with Crippen LogP contribution in [0.4, 0.5) is 4.39 Å². The lowest BCUT2D eigenvalue weighted by atomic mass is 10.1. The highest BCUT2D eigenvalue weighted by molar-refractivity contribution is 5.91. The molecule has 1 aromatic heterocycles. The monoisotopic (exact) mass is 359 g/mol. The number of hydrogen-bond acceptors (Lipinski definition) is 4. The van der Waals surface area contributed by atoms with Crippen LogP contribution in [-0.2, 0) is 11.2 Å². The quantitative estimate of drug-likeness (QED) is 0.795. The minimum absolute atomic E-state index is 0.0105. The zero-order valence-electron chi connectivity index (χ0n) is 14.5. The van der Waals surface area contributed by atoms with Crippen molar-refractivity contribution < 1.29 is 18.4 Å². The summed E-state index contributed by atoms with van der Waals surface area (Å²) < 4.78 is 18.7. The van der Waals surface area contributed by atoms with Gasteiger partial charge in [0.25, 0.3) is 5.91 Å². The van der Waals surface area contributed by atoms with Crippen LogP contribution in [0.3, 0.4) is 0 Å². The molecule has 6 nitrogen and oxygen atoms in total. The number of benzene rings is 1. The molecule has 1 aliphatic rings. The summed E-state index contributed by atoms with van der Waals surface area (Å²) in [6, 6.07) is 9.95. The smallest absolute Gasteiger partial charge is 0.289 e. The Morgan fingerprint density at radius 1 is 1.04 bits per heavy atom. The van der Waals surface area contributed by atoms with Crippen LogP contribution in [0.15, 0.2) is 47.1 Å². The zero-order valence-corrected chi connectivity index (χ0v) is 14.5. The standard InChI is InChI=1S/C19H22FN3O3/c20-16-5-2-1-4-15(16)7-8-21-14-18(24)22-9-11-23(12-10-22)19(25)17-6-3-13-26-17/h1-6,13,21H,7-12,14H2. The van der Waals surface area contributed by atoms with Gasteiger partial charge in [0.05, 0.1) is 12.8 Å². The molecule has 0 radical (unpaired) electrons. The predicted molar refractivity (Wildman–Crippen MR) is 94.2 cm³/mol. The number of halogens is 1. The Labute approximate surface area is 151 Å². The zero-order chi connectivity index (χ0) is 18.4. The van der Waals surface area contributed by atoms with Gasteiger partial charge in [-0.3, -0.25) is 9.59 Å². The molecule has 7 heteroatoms. The van der Waals surface area contributed by atoms with Gasteiger partial charge >= 0.3 is 0 Å². The largest absolute Gasteiger partial charge is 0.459 e. The number of amides is 2. The van der Waals surface area contributed by atoms with E-state index in [1.165, 1.54) is 12.3 Å². The summed E-state index contributed by atoms with van der Waals surface area (Å²) in [5.74, 6) is -0.0636. The Balaban J connectivity index is 1.37. The third-order valence-electron chi connectivity index (χ3n) is 4.46. The van der Waals surface area contributed by atoms with Crippen LogP contribution in [0.5, 0.6) is 0 Å². The first kappa shape index (κ1) is 18.1. The van der Waals surface area contributed by atoms with Crippen molar-refractivity contribution in [2.24, 2.45) is 0 Å². The van der Waals surface area contributed by atoms with Crippen molar-refractivity contribution >= 4 is 11.8 Å². The van der Waals surface area contributed by atoms with Crippen molar-refractivity contribution in [1.82, 2.24) is 15.1 Å². The Morgan fingerprint density at radius 2 is 1.77 bits per heavy atom. The van der Waals surface area contributed by atoms with Gasteiger partial charge < -0.3 is 19.5 Å². The van der Waals surface area contributed by atoms with Gasteiger partial charge in [0.1, 0.15) is 5.82 Å². The van der Waals surface area contributed by atoms with E-state index in [2.05, 4.69) is 5.32 Å². The number of nitrogens with one attached hydrogen (secondary N) is 1. The molecule has 1 aliphatic heterocycles. The van der Waals surface area contributed by atoms with E-state index in [1.807, 2.05) is 0 Å². The van der Waals surface area contributed by atoms with Crippen molar-refractivity contribution in [2.75, 3.05) is 39.3 Å². The Bertz CT molecular complexity index is 740. The summed E-state index contributed by atoms with van der Waals surface area (Å²) in [5.41, 5.74) is 0.637. The maximum absolute atomic E-state index is 13.5. The minimum atomic E-state index is -0.224. The van der Waals surface area contributed by atoms with E-state index < -0.39 is 0 Å². The van der Waals surface area contributed by atoms with E-state index >= 15 is 0 Å². The number of carbonyl (C=O) groups excluding carboxylic acids is 2. The number of hydrogen-bond donors (Lipinski definition) is 1. The molecule has 0 unspecified atom stereocenters. The lowest BCUT2D eigenvalue weighted by Crippen LogP contribution is -2.52. The molecule has 2 aromatic rings. The van der Waals surface area contributed by atoms with Crippen molar-refractivity contribution in [3.8, 4) is 0 Å². The SMILES string of the molecule is O=C(CNCCc1ccccc1F)N1CCN(C(=O)c2ccco2)CC1. The molecule has 0 atom stereocenters. The van der Waals surface area contributed by atoms with Crippen LogP contribution in [0.2, 0.25) is 0 Å². The summed E-state index contributed by atoms with van der Waals surface area (Å²) in [5, 5.41) is 3.06. The van der Waals surface area contributed by atoms with Crippen molar-refractivity contribution in [1.29, 1.82) is 0 Å². The van der Waals surface area contributed by atoms with Crippen LogP contribution >= 0.6 is 0 Å². The summed E-state index contributed by atoms with van der Waals surface area (Å²) in [4.78, 5) is 27.9. The lowest BCUT2D eigenvalue weighted by Gasteiger charge is -2.34. The molecule has 0 bridgehead atoms. The van der Waals surface area contributed by atoms with Gasteiger partial charge in [-0.15, -0.1) is 0 Å². The molecule has 2 heterocycles. The molecule has 0 spiro atoms. The number of piperazine rings is 1. The molecule has 1 saturated heterocycles. The fourth-order valence-electron chi connectivity index (χ4n) is 2.95. The molecule has 138 valence electrons. The fourth-order valence-corrected chi connectivity index (χ4v) is 2.95. The third-order valence-corrected chi connectivity index (χ3v) is 4.46. The fraction of sp³-hybridized carbons (Fsp3) is 0.368.